The topological polar surface area (TPSA) is 55.7 Å². The third kappa shape index (κ3) is 3.76. The zero-order valence-corrected chi connectivity index (χ0v) is 8.80. The Hall–Kier alpha value is -0.580. The van der Waals surface area contributed by atoms with Crippen LogP contribution in [0.3, 0.4) is 0 Å². The Bertz CT molecular complexity index is 295. The Morgan fingerprint density at radius 3 is 2.69 bits per heavy atom. The summed E-state index contributed by atoms with van der Waals surface area (Å²) >= 11 is 0. The highest BCUT2D eigenvalue weighted by Crippen LogP contribution is 2.21. The Balaban J connectivity index is 2.59. The van der Waals surface area contributed by atoms with Gasteiger partial charge in [-0.2, -0.15) is 8.42 Å². The van der Waals surface area contributed by atoms with Crippen molar-refractivity contribution in [2.75, 3.05) is 6.26 Å². The molecule has 0 aromatic rings. The number of hydrogen-bond donors (Lipinski definition) is 0. The second-order valence-electron chi connectivity index (χ2n) is 3.51. The van der Waals surface area contributed by atoms with Crippen LogP contribution in [0.2, 0.25) is 0 Å². The van der Waals surface area contributed by atoms with E-state index in [9.17, 15) is 8.42 Å². The average Bonchev–Trinajstić information content (AvgIpc) is 2.01. The summed E-state index contributed by atoms with van der Waals surface area (Å²) in [6.07, 6.45) is 5.21. The standard InChI is InChI=1S/C8H15NO3S/c1-7-5-3-4-6-8(7)9-12-13(2,10)11/h7H,3-6H2,1-2H3/b9-8+. The lowest BCUT2D eigenvalue weighted by atomic mass is 9.89. The van der Waals surface area contributed by atoms with E-state index in [1.165, 1.54) is 6.42 Å². The number of rotatable bonds is 2. The van der Waals surface area contributed by atoms with Crippen molar-refractivity contribution in [2.24, 2.45) is 11.1 Å². The molecule has 0 radical (unpaired) electrons. The molecule has 1 fully saturated rings. The molecule has 5 heteroatoms. The van der Waals surface area contributed by atoms with Crippen molar-refractivity contribution >= 4 is 15.8 Å². The predicted molar refractivity (Wildman–Crippen MR) is 51.0 cm³/mol. The van der Waals surface area contributed by atoms with E-state index in [-0.39, 0.29) is 0 Å². The fourth-order valence-corrected chi connectivity index (χ4v) is 1.65. The molecule has 0 amide bonds. The summed E-state index contributed by atoms with van der Waals surface area (Å²) in [7, 11) is -3.43. The molecule has 0 aliphatic heterocycles. The van der Waals surface area contributed by atoms with Gasteiger partial charge < -0.3 is 0 Å². The Morgan fingerprint density at radius 2 is 2.15 bits per heavy atom. The maximum atomic E-state index is 10.7. The molecule has 1 aliphatic carbocycles. The molecule has 13 heavy (non-hydrogen) atoms. The molecule has 0 N–H and O–H groups in total. The Morgan fingerprint density at radius 1 is 1.46 bits per heavy atom. The molecule has 1 atom stereocenters. The molecule has 1 unspecified atom stereocenters. The molecule has 0 aromatic carbocycles. The van der Waals surface area contributed by atoms with E-state index < -0.39 is 10.1 Å². The van der Waals surface area contributed by atoms with Gasteiger partial charge in [0.2, 0.25) is 0 Å². The van der Waals surface area contributed by atoms with E-state index in [0.717, 1.165) is 31.2 Å². The molecular formula is C8H15NO3S. The summed E-state index contributed by atoms with van der Waals surface area (Å²) in [5, 5.41) is 3.66. The Kier molecular flexibility index (Phi) is 3.30. The lowest BCUT2D eigenvalue weighted by Crippen LogP contribution is -2.17. The minimum absolute atomic E-state index is 0.357. The summed E-state index contributed by atoms with van der Waals surface area (Å²) in [5.74, 6) is 0.357. The van der Waals surface area contributed by atoms with Gasteiger partial charge in [0, 0.05) is 0 Å². The van der Waals surface area contributed by atoms with Crippen LogP contribution < -0.4 is 0 Å². The predicted octanol–water partition coefficient (Wildman–Crippen LogP) is 1.53. The molecule has 0 aromatic heterocycles. The van der Waals surface area contributed by atoms with E-state index in [1.54, 1.807) is 0 Å². The maximum absolute atomic E-state index is 10.7. The van der Waals surface area contributed by atoms with Gasteiger partial charge in [0.05, 0.1) is 12.0 Å². The highest BCUT2D eigenvalue weighted by atomic mass is 32.2. The SMILES string of the molecule is CC1CCCC/C1=N\OS(C)(=O)=O. The summed E-state index contributed by atoms with van der Waals surface area (Å²) in [6, 6.07) is 0. The van der Waals surface area contributed by atoms with Gasteiger partial charge in [0.25, 0.3) is 0 Å². The fourth-order valence-electron chi connectivity index (χ4n) is 1.42. The fraction of sp³-hybridized carbons (Fsp3) is 0.875. The number of hydrogen-bond acceptors (Lipinski definition) is 4. The van der Waals surface area contributed by atoms with Gasteiger partial charge in [-0.15, -0.1) is 0 Å². The average molecular weight is 205 g/mol. The minimum atomic E-state index is -3.43. The molecule has 0 spiro atoms. The molecule has 76 valence electrons. The van der Waals surface area contributed by atoms with Crippen LogP contribution in [0.5, 0.6) is 0 Å². The van der Waals surface area contributed by atoms with Crippen molar-refractivity contribution in [1.82, 2.24) is 0 Å². The van der Waals surface area contributed by atoms with Crippen molar-refractivity contribution in [3.05, 3.63) is 0 Å². The normalized spacial score (nSPS) is 27.5. The number of nitrogens with zero attached hydrogens (tertiary/aromatic N) is 1. The van der Waals surface area contributed by atoms with Crippen molar-refractivity contribution in [1.29, 1.82) is 0 Å². The van der Waals surface area contributed by atoms with Gasteiger partial charge in [-0.25, -0.2) is 0 Å². The van der Waals surface area contributed by atoms with Crippen LogP contribution in [0.15, 0.2) is 5.16 Å². The summed E-state index contributed by atoms with van der Waals surface area (Å²) in [6.45, 7) is 2.05. The van der Waals surface area contributed by atoms with Crippen LogP contribution >= 0.6 is 0 Å². The van der Waals surface area contributed by atoms with Gasteiger partial charge in [-0.05, 0) is 25.2 Å². The molecule has 0 heterocycles. The first-order chi connectivity index (χ1) is 5.99. The Labute approximate surface area is 79.1 Å². The first kappa shape index (κ1) is 10.5. The molecular weight excluding hydrogens is 190 g/mol. The van der Waals surface area contributed by atoms with Crippen LogP contribution in [0.25, 0.3) is 0 Å². The van der Waals surface area contributed by atoms with E-state index in [4.69, 9.17) is 0 Å². The first-order valence-electron chi connectivity index (χ1n) is 4.44. The third-order valence-electron chi connectivity index (χ3n) is 2.18. The summed E-state index contributed by atoms with van der Waals surface area (Å²) in [5.41, 5.74) is 0.872. The quantitative estimate of drug-likeness (QED) is 0.642. The van der Waals surface area contributed by atoms with Crippen molar-refractivity contribution in [3.63, 3.8) is 0 Å². The monoisotopic (exact) mass is 205 g/mol. The second kappa shape index (κ2) is 4.09. The number of oxime groups is 1. The molecule has 1 aliphatic rings. The van der Waals surface area contributed by atoms with E-state index in [1.807, 2.05) is 6.92 Å². The highest BCUT2D eigenvalue weighted by Gasteiger charge is 2.17. The van der Waals surface area contributed by atoms with Gasteiger partial charge >= 0.3 is 10.1 Å². The first-order valence-corrected chi connectivity index (χ1v) is 6.26. The van der Waals surface area contributed by atoms with Gasteiger partial charge in [-0.1, -0.05) is 18.5 Å². The largest absolute Gasteiger partial charge is 0.325 e. The van der Waals surface area contributed by atoms with Gasteiger partial charge in [-0.3, -0.25) is 4.28 Å². The zero-order valence-electron chi connectivity index (χ0n) is 7.99. The molecule has 1 rings (SSSR count). The van der Waals surface area contributed by atoms with Crippen LogP contribution in [-0.4, -0.2) is 20.4 Å². The van der Waals surface area contributed by atoms with Gasteiger partial charge in [0.15, 0.2) is 0 Å². The van der Waals surface area contributed by atoms with Crippen molar-refractivity contribution < 1.29 is 12.7 Å². The van der Waals surface area contributed by atoms with E-state index >= 15 is 0 Å². The van der Waals surface area contributed by atoms with Crippen molar-refractivity contribution in [3.8, 4) is 0 Å². The second-order valence-corrected chi connectivity index (χ2v) is 5.07. The molecule has 4 nitrogen and oxygen atoms in total. The van der Waals surface area contributed by atoms with Crippen LogP contribution in [0, 0.1) is 5.92 Å². The molecule has 0 saturated heterocycles. The molecule has 1 saturated carbocycles. The van der Waals surface area contributed by atoms with Crippen LogP contribution in [-0.2, 0) is 14.4 Å². The minimum Gasteiger partial charge on any atom is -0.269 e. The lowest BCUT2D eigenvalue weighted by molar-refractivity contribution is 0.335. The van der Waals surface area contributed by atoms with E-state index in [0.29, 0.717) is 5.92 Å². The smallest absolute Gasteiger partial charge is 0.269 e. The van der Waals surface area contributed by atoms with Crippen LogP contribution in [0.4, 0.5) is 0 Å². The van der Waals surface area contributed by atoms with Crippen LogP contribution in [0.1, 0.15) is 32.6 Å². The van der Waals surface area contributed by atoms with Gasteiger partial charge in [0.1, 0.15) is 0 Å². The summed E-state index contributed by atoms with van der Waals surface area (Å²) < 4.78 is 25.7. The maximum Gasteiger partial charge on any atom is 0.325 e. The molecule has 0 bridgehead atoms. The van der Waals surface area contributed by atoms with E-state index in [2.05, 4.69) is 9.44 Å². The lowest BCUT2D eigenvalue weighted by Gasteiger charge is -2.18. The summed E-state index contributed by atoms with van der Waals surface area (Å²) in [4.78, 5) is 0. The zero-order chi connectivity index (χ0) is 9.90. The third-order valence-corrected chi connectivity index (χ3v) is 2.52. The van der Waals surface area contributed by atoms with Crippen molar-refractivity contribution in [2.45, 2.75) is 32.6 Å². The highest BCUT2D eigenvalue weighted by molar-refractivity contribution is 7.85.